The van der Waals surface area contributed by atoms with E-state index in [0.29, 0.717) is 5.75 Å². The fraction of sp³-hybridized carbons (Fsp3) is 0.786. The number of nitrogens with zero attached hydrogens (tertiary/aromatic N) is 1. The third kappa shape index (κ3) is 22.8. The van der Waals surface area contributed by atoms with Crippen LogP contribution < -0.4 is 0 Å². The Hall–Kier alpha value is 0.544. The molecule has 0 aromatic heterocycles. The van der Waals surface area contributed by atoms with Gasteiger partial charge in [0, 0.05) is 38.5 Å². The van der Waals surface area contributed by atoms with Crippen molar-refractivity contribution in [3.8, 4) is 0 Å². The average molecular weight is 426 g/mol. The molecule has 0 rings (SSSR count). The molecule has 0 unspecified atom stereocenters. The van der Waals surface area contributed by atoms with Gasteiger partial charge < -0.3 is 23.5 Å². The summed E-state index contributed by atoms with van der Waals surface area (Å²) >= 11 is 0. The fourth-order valence-electron chi connectivity index (χ4n) is 1.49. The van der Waals surface area contributed by atoms with Crippen molar-refractivity contribution < 1.29 is 47.4 Å². The van der Waals surface area contributed by atoms with E-state index in [4.69, 9.17) is 0 Å². The molecule has 1 radical (unpaired) electrons. The maximum atomic E-state index is 10.8. The molecule has 0 heterocycles. The molecule has 0 aromatic carbocycles. The summed E-state index contributed by atoms with van der Waals surface area (Å²) in [5.74, 6) is 1.97. The van der Waals surface area contributed by atoms with E-state index in [-0.39, 0.29) is 51.0 Å². The predicted octanol–water partition coefficient (Wildman–Crippen LogP) is 4.40. The molecule has 8 heteroatoms. The largest absolute Gasteiger partial charge is 0.343 e. The zero-order chi connectivity index (χ0) is 16.5. The third-order valence-corrected chi connectivity index (χ3v) is 4.86. The van der Waals surface area contributed by atoms with Crippen LogP contribution in [0.1, 0.15) is 46.0 Å². The van der Waals surface area contributed by atoms with Crippen molar-refractivity contribution >= 4 is 27.4 Å². The smallest absolute Gasteiger partial charge is 0.294 e. The molecule has 22 heavy (non-hydrogen) atoms. The predicted molar refractivity (Wildman–Crippen MR) is 91.5 cm³/mol. The Kier molecular flexibility index (Phi) is 26.8. The number of Topliss-reactive ketones (excluding diaryl/α,β-unsaturated/α-hetero) is 1. The summed E-state index contributed by atoms with van der Waals surface area (Å²) in [6, 6.07) is 0. The third-order valence-electron chi connectivity index (χ3n) is 2.40. The van der Waals surface area contributed by atoms with Gasteiger partial charge in [-0.15, -0.1) is 10.1 Å². The molecule has 0 aliphatic rings. The van der Waals surface area contributed by atoms with Gasteiger partial charge in [-0.3, -0.25) is 0 Å². The summed E-state index contributed by atoms with van der Waals surface area (Å²) < 4.78 is 0. The fourth-order valence-corrected chi connectivity index (χ4v) is 3.25. The zero-order valence-electron chi connectivity index (χ0n) is 13.6. The summed E-state index contributed by atoms with van der Waals surface area (Å²) in [7, 11) is 3.22. The maximum Gasteiger partial charge on any atom is 0.294 e. The number of carbonyl (C=O) groups is 1. The first-order chi connectivity index (χ1) is 9.99. The Morgan fingerprint density at radius 1 is 1.23 bits per heavy atom. The van der Waals surface area contributed by atoms with Crippen LogP contribution in [0, 0.1) is 29.9 Å². The first-order valence-electron chi connectivity index (χ1n) is 7.16. The number of carbonyl (C=O) groups excluding carboxylic acids is 1. The summed E-state index contributed by atoms with van der Waals surface area (Å²) in [5, 5.41) is 8.87. The molecule has 5 nitrogen and oxygen atoms in total. The van der Waals surface area contributed by atoms with Gasteiger partial charge in [0.05, 0.1) is 0 Å². The molecule has 0 bridgehead atoms. The Morgan fingerprint density at radius 2 is 1.73 bits per heavy atom. The van der Waals surface area contributed by atoms with Crippen molar-refractivity contribution in [1.29, 1.82) is 0 Å². The Morgan fingerprint density at radius 3 is 2.09 bits per heavy atom. The first-order valence-corrected chi connectivity index (χ1v) is 9.65. The number of rotatable bonds is 12. The van der Waals surface area contributed by atoms with Gasteiger partial charge in [0.1, 0.15) is 6.61 Å². The second kappa shape index (κ2) is 21.5. The van der Waals surface area contributed by atoms with Crippen molar-refractivity contribution in [2.45, 2.75) is 46.0 Å². The number of ketones is 1. The molecule has 0 saturated carbocycles. The summed E-state index contributed by atoms with van der Waals surface area (Å²) in [6.45, 7) is 11.5. The van der Waals surface area contributed by atoms with E-state index in [2.05, 4.69) is 32.5 Å². The normalized spacial score (nSPS) is 9.45. The standard InChI is InChI=1S/C9H17O.C5H10NO3S2.Y/c1-4-6-9(7-5-2)8(3)10;1-2-4-10-11-5-3-9-6(7)8;/h9H,3-7H2,1-2H3;1-5H2;/q2*-1;. The Labute approximate surface area is 167 Å². The molecular weight excluding hydrogens is 399 g/mol. The van der Waals surface area contributed by atoms with Crippen molar-refractivity contribution in [2.75, 3.05) is 18.1 Å². The average Bonchev–Trinajstić information content (AvgIpc) is 2.43. The van der Waals surface area contributed by atoms with Crippen LogP contribution in [0.4, 0.5) is 0 Å². The molecule has 0 N–H and O–H groups in total. The van der Waals surface area contributed by atoms with Crippen molar-refractivity contribution in [3.63, 3.8) is 0 Å². The number of hydrogen-bond donors (Lipinski definition) is 0. The maximum absolute atomic E-state index is 10.8. The van der Waals surface area contributed by atoms with Gasteiger partial charge in [0.15, 0.2) is 0 Å². The first kappa shape index (κ1) is 27.4. The van der Waals surface area contributed by atoms with E-state index in [9.17, 15) is 14.9 Å². The van der Waals surface area contributed by atoms with Crippen LogP contribution in [-0.4, -0.2) is 29.0 Å². The van der Waals surface area contributed by atoms with E-state index in [0.717, 1.165) is 37.9 Å². The van der Waals surface area contributed by atoms with E-state index in [1.165, 1.54) is 0 Å². The molecule has 0 aliphatic carbocycles. The van der Waals surface area contributed by atoms with Crippen molar-refractivity contribution in [2.24, 2.45) is 5.92 Å². The zero-order valence-corrected chi connectivity index (χ0v) is 18.1. The minimum atomic E-state index is -0.771. The molecule has 0 spiro atoms. The second-order valence-corrected chi connectivity index (χ2v) is 7.00. The van der Waals surface area contributed by atoms with Gasteiger partial charge in [-0.25, -0.2) is 0 Å². The van der Waals surface area contributed by atoms with E-state index >= 15 is 0 Å². The molecular formula is C14H27NO4S2Y-2. The van der Waals surface area contributed by atoms with Crippen LogP contribution in [0.3, 0.4) is 0 Å². The Balaban J connectivity index is -0.000000315. The van der Waals surface area contributed by atoms with Gasteiger partial charge in [0.25, 0.3) is 5.09 Å². The van der Waals surface area contributed by atoms with Crippen LogP contribution >= 0.6 is 21.6 Å². The van der Waals surface area contributed by atoms with Gasteiger partial charge in [-0.1, -0.05) is 48.3 Å². The van der Waals surface area contributed by atoms with Crippen molar-refractivity contribution in [1.82, 2.24) is 0 Å². The molecule has 0 aliphatic heterocycles. The second-order valence-electron chi connectivity index (χ2n) is 4.29. The van der Waals surface area contributed by atoms with E-state index in [1.807, 2.05) is 0 Å². The van der Waals surface area contributed by atoms with Crippen molar-refractivity contribution in [3.05, 3.63) is 24.0 Å². The summed E-state index contributed by atoms with van der Waals surface area (Å²) in [5.41, 5.74) is 0. The van der Waals surface area contributed by atoms with Crippen LogP contribution in [0.5, 0.6) is 0 Å². The molecule has 0 amide bonds. The quantitative estimate of drug-likeness (QED) is 0.151. The topological polar surface area (TPSA) is 69.4 Å². The molecule has 129 valence electrons. The molecule has 0 atom stereocenters. The van der Waals surface area contributed by atoms with Crippen LogP contribution in [0.2, 0.25) is 0 Å². The monoisotopic (exact) mass is 426 g/mol. The van der Waals surface area contributed by atoms with Crippen LogP contribution in [0.15, 0.2) is 0 Å². The minimum absolute atomic E-state index is 0. The molecule has 0 saturated heterocycles. The van der Waals surface area contributed by atoms with Crippen LogP contribution in [-0.2, 0) is 42.3 Å². The summed E-state index contributed by atoms with van der Waals surface area (Å²) in [4.78, 5) is 24.6. The van der Waals surface area contributed by atoms with E-state index < -0.39 is 5.09 Å². The van der Waals surface area contributed by atoms with Crippen LogP contribution in [0.25, 0.3) is 0 Å². The van der Waals surface area contributed by atoms with Gasteiger partial charge >= 0.3 is 0 Å². The van der Waals surface area contributed by atoms with E-state index in [1.54, 1.807) is 21.6 Å². The van der Waals surface area contributed by atoms with Gasteiger partial charge in [0.2, 0.25) is 0 Å². The molecule has 0 aromatic rings. The SMILES string of the molecule is [CH2-]C(=O)C(CCC)CCC.[CH2-]CCSSCCO[N+](=O)[O-].[Y]. The van der Waals surface area contributed by atoms with Gasteiger partial charge in [-0.05, 0) is 30.3 Å². The number of hydrogen-bond acceptors (Lipinski definition) is 6. The summed E-state index contributed by atoms with van der Waals surface area (Å²) in [6.07, 6.45) is 5.08. The Bertz CT molecular complexity index is 265. The minimum Gasteiger partial charge on any atom is -0.343 e. The van der Waals surface area contributed by atoms with Gasteiger partial charge in [-0.2, -0.15) is 6.42 Å². The molecule has 0 fully saturated rings.